The van der Waals surface area contributed by atoms with Crippen molar-refractivity contribution < 1.29 is 9.13 Å². The fourth-order valence-electron chi connectivity index (χ4n) is 4.59. The lowest BCUT2D eigenvalue weighted by Crippen LogP contribution is -2.43. The monoisotopic (exact) mass is 434 g/mol. The molecular formula is C26H31FN4O. The van der Waals surface area contributed by atoms with Crippen molar-refractivity contribution in [3.05, 3.63) is 65.5 Å². The minimum Gasteiger partial charge on any atom is -0.379 e. The van der Waals surface area contributed by atoms with Crippen LogP contribution < -0.4 is 0 Å². The Labute approximate surface area is 189 Å². The molecule has 0 unspecified atom stereocenters. The molecule has 0 saturated carbocycles. The minimum atomic E-state index is -0.209. The maximum Gasteiger partial charge on any atom is 0.123 e. The SMILES string of the molecule is CN1CCN(Cc2cc(-c3ccc(CN4CCOCC4)cc3)nc3ccc(F)cc23)CC1. The van der Waals surface area contributed by atoms with Crippen LogP contribution in [0.4, 0.5) is 4.39 Å². The first kappa shape index (κ1) is 21.5. The Morgan fingerprint density at radius 1 is 0.844 bits per heavy atom. The maximum absolute atomic E-state index is 14.0. The normalized spacial score (nSPS) is 18.9. The van der Waals surface area contributed by atoms with Gasteiger partial charge in [-0.15, -0.1) is 0 Å². The third-order valence-corrected chi connectivity index (χ3v) is 6.61. The highest BCUT2D eigenvalue weighted by Crippen LogP contribution is 2.27. The molecule has 2 aromatic carbocycles. The predicted octanol–water partition coefficient (Wildman–Crippen LogP) is 3.62. The van der Waals surface area contributed by atoms with Crippen molar-refractivity contribution in [3.8, 4) is 11.3 Å². The summed E-state index contributed by atoms with van der Waals surface area (Å²) in [7, 11) is 2.16. The van der Waals surface area contributed by atoms with Gasteiger partial charge >= 0.3 is 0 Å². The molecule has 6 heteroatoms. The van der Waals surface area contributed by atoms with Crippen LogP contribution in [0.2, 0.25) is 0 Å². The van der Waals surface area contributed by atoms with Gasteiger partial charge in [0.05, 0.1) is 24.4 Å². The average molecular weight is 435 g/mol. The molecule has 5 rings (SSSR count). The Hall–Kier alpha value is -2.38. The zero-order valence-corrected chi connectivity index (χ0v) is 18.8. The molecule has 3 aromatic rings. The van der Waals surface area contributed by atoms with Crippen molar-refractivity contribution in [2.24, 2.45) is 0 Å². The molecule has 2 fully saturated rings. The molecule has 2 aliphatic rings. The molecule has 1 aromatic heterocycles. The van der Waals surface area contributed by atoms with Crippen molar-refractivity contribution in [3.63, 3.8) is 0 Å². The number of rotatable bonds is 5. The van der Waals surface area contributed by atoms with Crippen molar-refractivity contribution >= 4 is 10.9 Å². The number of likely N-dealkylation sites (N-methyl/N-ethyl adjacent to an activating group) is 1. The van der Waals surface area contributed by atoms with E-state index in [1.807, 2.05) is 0 Å². The number of ether oxygens (including phenoxy) is 1. The van der Waals surface area contributed by atoms with E-state index in [9.17, 15) is 4.39 Å². The molecule has 0 amide bonds. The van der Waals surface area contributed by atoms with Crippen LogP contribution in [-0.2, 0) is 17.8 Å². The van der Waals surface area contributed by atoms with Gasteiger partial charge in [-0.25, -0.2) is 9.37 Å². The number of morpholine rings is 1. The number of hydrogen-bond donors (Lipinski definition) is 0. The van der Waals surface area contributed by atoms with Gasteiger partial charge in [-0.2, -0.15) is 0 Å². The molecular weight excluding hydrogens is 403 g/mol. The summed E-state index contributed by atoms with van der Waals surface area (Å²) in [6, 6.07) is 15.8. The largest absolute Gasteiger partial charge is 0.379 e. The predicted molar refractivity (Wildman–Crippen MR) is 126 cm³/mol. The summed E-state index contributed by atoms with van der Waals surface area (Å²) in [4.78, 5) is 12.1. The second kappa shape index (κ2) is 9.63. The first-order valence-corrected chi connectivity index (χ1v) is 11.5. The molecule has 168 valence electrons. The van der Waals surface area contributed by atoms with Crippen LogP contribution in [0, 0.1) is 5.82 Å². The summed E-state index contributed by atoms with van der Waals surface area (Å²) in [5.74, 6) is -0.209. The number of piperazine rings is 1. The third kappa shape index (κ3) is 4.99. The van der Waals surface area contributed by atoms with E-state index in [4.69, 9.17) is 9.72 Å². The first-order valence-electron chi connectivity index (χ1n) is 11.5. The number of fused-ring (bicyclic) bond motifs is 1. The summed E-state index contributed by atoms with van der Waals surface area (Å²) in [5, 5.41) is 0.914. The Morgan fingerprint density at radius 2 is 1.56 bits per heavy atom. The van der Waals surface area contributed by atoms with Gasteiger partial charge in [-0.3, -0.25) is 9.80 Å². The lowest BCUT2D eigenvalue weighted by molar-refractivity contribution is 0.0342. The summed E-state index contributed by atoms with van der Waals surface area (Å²) >= 11 is 0. The molecule has 2 saturated heterocycles. The van der Waals surface area contributed by atoms with Gasteiger partial charge in [-0.05, 0) is 42.4 Å². The summed E-state index contributed by atoms with van der Waals surface area (Å²) in [6.07, 6.45) is 0. The number of benzene rings is 2. The van der Waals surface area contributed by atoms with E-state index in [1.54, 1.807) is 12.1 Å². The van der Waals surface area contributed by atoms with E-state index in [2.05, 4.69) is 52.1 Å². The van der Waals surface area contributed by atoms with E-state index in [0.717, 1.165) is 93.3 Å². The lowest BCUT2D eigenvalue weighted by atomic mass is 10.0. The van der Waals surface area contributed by atoms with Gasteiger partial charge in [0, 0.05) is 63.3 Å². The van der Waals surface area contributed by atoms with Crippen LogP contribution >= 0.6 is 0 Å². The first-order chi connectivity index (χ1) is 15.6. The molecule has 0 N–H and O–H groups in total. The summed E-state index contributed by atoms with van der Waals surface area (Å²) in [6.45, 7) is 9.55. The highest BCUT2D eigenvalue weighted by atomic mass is 19.1. The van der Waals surface area contributed by atoms with Crippen LogP contribution in [0.1, 0.15) is 11.1 Å². The van der Waals surface area contributed by atoms with E-state index in [0.29, 0.717) is 0 Å². The maximum atomic E-state index is 14.0. The zero-order chi connectivity index (χ0) is 21.9. The Bertz CT molecular complexity index is 1060. The van der Waals surface area contributed by atoms with Crippen molar-refractivity contribution in [2.75, 3.05) is 59.5 Å². The van der Waals surface area contributed by atoms with Crippen LogP contribution in [-0.4, -0.2) is 79.2 Å². The molecule has 0 radical (unpaired) electrons. The van der Waals surface area contributed by atoms with Gasteiger partial charge in [0.2, 0.25) is 0 Å². The van der Waals surface area contributed by atoms with E-state index < -0.39 is 0 Å². The third-order valence-electron chi connectivity index (χ3n) is 6.61. The number of pyridine rings is 1. The van der Waals surface area contributed by atoms with Crippen LogP contribution in [0.15, 0.2) is 48.5 Å². The minimum absolute atomic E-state index is 0.209. The number of aromatic nitrogens is 1. The number of halogens is 1. The summed E-state index contributed by atoms with van der Waals surface area (Å²) < 4.78 is 19.5. The Kier molecular flexibility index (Phi) is 6.46. The van der Waals surface area contributed by atoms with Crippen molar-refractivity contribution in [1.29, 1.82) is 0 Å². The van der Waals surface area contributed by atoms with Gasteiger partial charge < -0.3 is 9.64 Å². The van der Waals surface area contributed by atoms with Crippen molar-refractivity contribution in [1.82, 2.24) is 19.7 Å². The van der Waals surface area contributed by atoms with Crippen molar-refractivity contribution in [2.45, 2.75) is 13.1 Å². The van der Waals surface area contributed by atoms with Crippen LogP contribution in [0.3, 0.4) is 0 Å². The van der Waals surface area contributed by atoms with Gasteiger partial charge in [0.1, 0.15) is 5.82 Å². The lowest BCUT2D eigenvalue weighted by Gasteiger charge is -2.32. The highest BCUT2D eigenvalue weighted by Gasteiger charge is 2.17. The number of nitrogens with zero attached hydrogens (tertiary/aromatic N) is 4. The Balaban J connectivity index is 1.41. The molecule has 0 spiro atoms. The van der Waals surface area contributed by atoms with E-state index in [-0.39, 0.29) is 5.82 Å². The van der Waals surface area contributed by atoms with Crippen LogP contribution in [0.5, 0.6) is 0 Å². The molecule has 0 aliphatic carbocycles. The molecule has 5 nitrogen and oxygen atoms in total. The van der Waals surface area contributed by atoms with Gasteiger partial charge in [-0.1, -0.05) is 24.3 Å². The van der Waals surface area contributed by atoms with Gasteiger partial charge in [0.25, 0.3) is 0 Å². The quantitative estimate of drug-likeness (QED) is 0.612. The fourth-order valence-corrected chi connectivity index (χ4v) is 4.59. The summed E-state index contributed by atoms with van der Waals surface area (Å²) in [5.41, 5.74) is 5.35. The van der Waals surface area contributed by atoms with E-state index >= 15 is 0 Å². The van der Waals surface area contributed by atoms with E-state index in [1.165, 1.54) is 11.6 Å². The number of hydrogen-bond acceptors (Lipinski definition) is 5. The molecule has 2 aliphatic heterocycles. The highest BCUT2D eigenvalue weighted by molar-refractivity contribution is 5.85. The molecule has 0 atom stereocenters. The molecule has 32 heavy (non-hydrogen) atoms. The fraction of sp³-hybridized carbons (Fsp3) is 0.423. The molecule has 3 heterocycles. The standard InChI is InChI=1S/C26H31FN4O/c1-29-8-10-30(11-9-29)19-22-16-26(28-25-7-6-23(27)17-24(22)25)21-4-2-20(3-5-21)18-31-12-14-32-15-13-31/h2-7,16-17H,8-15,18-19H2,1H3. The zero-order valence-electron chi connectivity index (χ0n) is 18.8. The van der Waals surface area contributed by atoms with Gasteiger partial charge in [0.15, 0.2) is 0 Å². The molecule has 0 bridgehead atoms. The topological polar surface area (TPSA) is 31.8 Å². The second-order valence-corrected chi connectivity index (χ2v) is 8.99. The van der Waals surface area contributed by atoms with Crippen LogP contribution in [0.25, 0.3) is 22.2 Å². The second-order valence-electron chi connectivity index (χ2n) is 8.99. The average Bonchev–Trinajstić information content (AvgIpc) is 2.82. The Morgan fingerprint density at radius 3 is 2.31 bits per heavy atom. The smallest absolute Gasteiger partial charge is 0.123 e.